The predicted molar refractivity (Wildman–Crippen MR) is 76.1 cm³/mol. The van der Waals surface area contributed by atoms with Gasteiger partial charge in [0.2, 0.25) is 5.88 Å². The van der Waals surface area contributed by atoms with Gasteiger partial charge in [-0.3, -0.25) is 4.79 Å². The van der Waals surface area contributed by atoms with Crippen molar-refractivity contribution in [2.45, 2.75) is 6.54 Å². The van der Waals surface area contributed by atoms with Crippen LogP contribution in [-0.2, 0) is 6.54 Å². The fraction of sp³-hybridized carbons (Fsp3) is 0.143. The fourth-order valence-corrected chi connectivity index (χ4v) is 1.96. The van der Waals surface area contributed by atoms with Crippen LogP contribution in [0.15, 0.2) is 41.0 Å². The summed E-state index contributed by atoms with van der Waals surface area (Å²) in [5.41, 5.74) is 0.831. The zero-order valence-electron chi connectivity index (χ0n) is 10.7. The summed E-state index contributed by atoms with van der Waals surface area (Å²) in [5, 5.41) is 2.65. The molecule has 0 saturated heterocycles. The number of nitrogens with zero attached hydrogens (tertiary/aromatic N) is 1. The van der Waals surface area contributed by atoms with Crippen molar-refractivity contribution in [3.8, 4) is 5.88 Å². The highest BCUT2D eigenvalue weighted by Gasteiger charge is 2.11. The summed E-state index contributed by atoms with van der Waals surface area (Å²) in [4.78, 5) is 15.9. The number of hydrogen-bond donors (Lipinski definition) is 1. The molecule has 20 heavy (non-hydrogen) atoms. The van der Waals surface area contributed by atoms with Gasteiger partial charge in [-0.2, -0.15) is 0 Å². The molecule has 0 spiro atoms. The molecule has 0 radical (unpaired) electrons. The molecular formula is C14H12BrFN2O2. The first kappa shape index (κ1) is 14.5. The predicted octanol–water partition coefficient (Wildman–Crippen LogP) is 2.92. The van der Waals surface area contributed by atoms with E-state index in [2.05, 4.69) is 26.2 Å². The third-order valence-corrected chi connectivity index (χ3v) is 3.13. The first-order chi connectivity index (χ1) is 9.60. The summed E-state index contributed by atoms with van der Waals surface area (Å²) in [6.45, 7) is 0.271. The molecule has 0 aliphatic rings. The second-order valence-corrected chi connectivity index (χ2v) is 4.93. The normalized spacial score (nSPS) is 10.2. The monoisotopic (exact) mass is 338 g/mol. The summed E-state index contributed by atoms with van der Waals surface area (Å²) >= 11 is 3.14. The van der Waals surface area contributed by atoms with Gasteiger partial charge in [0.1, 0.15) is 5.82 Å². The van der Waals surface area contributed by atoms with Crippen molar-refractivity contribution in [3.05, 3.63) is 57.9 Å². The second kappa shape index (κ2) is 6.47. The lowest BCUT2D eigenvalue weighted by Crippen LogP contribution is -2.23. The Morgan fingerprint density at radius 2 is 2.20 bits per heavy atom. The summed E-state index contributed by atoms with van der Waals surface area (Å²) in [6, 6.07) is 7.76. The van der Waals surface area contributed by atoms with Crippen LogP contribution >= 0.6 is 15.9 Å². The van der Waals surface area contributed by atoms with Crippen LogP contribution in [0.2, 0.25) is 0 Å². The van der Waals surface area contributed by atoms with E-state index >= 15 is 0 Å². The number of ether oxygens (including phenoxy) is 1. The van der Waals surface area contributed by atoms with E-state index in [9.17, 15) is 9.18 Å². The van der Waals surface area contributed by atoms with E-state index in [0.29, 0.717) is 10.4 Å². The molecule has 1 amide bonds. The minimum atomic E-state index is -0.566. The summed E-state index contributed by atoms with van der Waals surface area (Å²) < 4.78 is 19.2. The smallest absolute Gasteiger partial charge is 0.254 e. The van der Waals surface area contributed by atoms with E-state index in [1.54, 1.807) is 24.4 Å². The third-order valence-electron chi connectivity index (χ3n) is 2.64. The third kappa shape index (κ3) is 3.54. The van der Waals surface area contributed by atoms with Gasteiger partial charge in [0, 0.05) is 23.3 Å². The molecule has 0 fully saturated rings. The molecule has 1 heterocycles. The minimum absolute atomic E-state index is 0.00854. The van der Waals surface area contributed by atoms with Crippen LogP contribution in [0.5, 0.6) is 5.88 Å². The van der Waals surface area contributed by atoms with Gasteiger partial charge in [0.25, 0.3) is 5.91 Å². The first-order valence-corrected chi connectivity index (χ1v) is 6.61. The molecule has 2 aromatic rings. The minimum Gasteiger partial charge on any atom is -0.481 e. The van der Waals surface area contributed by atoms with E-state index < -0.39 is 11.7 Å². The van der Waals surface area contributed by atoms with Crippen LogP contribution in [0, 0.1) is 5.82 Å². The summed E-state index contributed by atoms with van der Waals surface area (Å²) in [6.07, 6.45) is 1.58. The average Bonchev–Trinajstić information content (AvgIpc) is 2.45. The molecule has 0 bridgehead atoms. The number of rotatable bonds is 4. The highest BCUT2D eigenvalue weighted by Crippen LogP contribution is 2.15. The van der Waals surface area contributed by atoms with Crippen molar-refractivity contribution < 1.29 is 13.9 Å². The molecule has 0 aliphatic carbocycles. The number of carbonyl (C=O) groups excluding carboxylic acids is 1. The Balaban J connectivity index is 2.04. The molecule has 4 nitrogen and oxygen atoms in total. The van der Waals surface area contributed by atoms with Crippen molar-refractivity contribution in [2.75, 3.05) is 7.11 Å². The number of hydrogen-bond acceptors (Lipinski definition) is 3. The first-order valence-electron chi connectivity index (χ1n) is 5.82. The molecule has 2 rings (SSSR count). The standard InChI is InChI=1S/C14H12BrFN2O2/c1-20-13-6-9(4-5-17-13)8-18-14(19)11-3-2-10(15)7-12(11)16/h2-7H,8H2,1H3,(H,18,19). The molecule has 1 aromatic carbocycles. The molecule has 0 unspecified atom stereocenters. The lowest BCUT2D eigenvalue weighted by Gasteiger charge is -2.07. The van der Waals surface area contributed by atoms with Crippen molar-refractivity contribution in [1.29, 1.82) is 0 Å². The zero-order chi connectivity index (χ0) is 14.5. The number of carbonyl (C=O) groups is 1. The van der Waals surface area contributed by atoms with Gasteiger partial charge in [0.15, 0.2) is 0 Å². The van der Waals surface area contributed by atoms with Crippen molar-refractivity contribution >= 4 is 21.8 Å². The van der Waals surface area contributed by atoms with Crippen LogP contribution in [0.4, 0.5) is 4.39 Å². The second-order valence-electron chi connectivity index (χ2n) is 4.01. The van der Waals surface area contributed by atoms with Crippen LogP contribution in [-0.4, -0.2) is 18.0 Å². The van der Waals surface area contributed by atoms with Crippen LogP contribution in [0.3, 0.4) is 0 Å². The van der Waals surface area contributed by atoms with E-state index in [1.165, 1.54) is 19.2 Å². The number of pyridine rings is 1. The van der Waals surface area contributed by atoms with Crippen molar-refractivity contribution in [1.82, 2.24) is 10.3 Å². The maximum atomic E-state index is 13.6. The Morgan fingerprint density at radius 1 is 1.40 bits per heavy atom. The Labute approximate surface area is 124 Å². The molecule has 0 saturated carbocycles. The highest BCUT2D eigenvalue weighted by molar-refractivity contribution is 9.10. The van der Waals surface area contributed by atoms with Gasteiger partial charge in [-0.05, 0) is 29.8 Å². The maximum Gasteiger partial charge on any atom is 0.254 e. The molecule has 6 heteroatoms. The van der Waals surface area contributed by atoms with Crippen LogP contribution in [0.25, 0.3) is 0 Å². The number of methoxy groups -OCH3 is 1. The Kier molecular flexibility index (Phi) is 4.68. The Morgan fingerprint density at radius 3 is 2.90 bits per heavy atom. The van der Waals surface area contributed by atoms with E-state index in [-0.39, 0.29) is 12.1 Å². The van der Waals surface area contributed by atoms with Crippen molar-refractivity contribution in [3.63, 3.8) is 0 Å². The van der Waals surface area contributed by atoms with Crippen LogP contribution < -0.4 is 10.1 Å². The van der Waals surface area contributed by atoms with Gasteiger partial charge in [0.05, 0.1) is 12.7 Å². The molecule has 0 aliphatic heterocycles. The SMILES string of the molecule is COc1cc(CNC(=O)c2ccc(Br)cc2F)ccn1. The number of aromatic nitrogens is 1. The number of halogens is 2. The van der Waals surface area contributed by atoms with E-state index in [4.69, 9.17) is 4.74 Å². The van der Waals surface area contributed by atoms with Gasteiger partial charge in [-0.25, -0.2) is 9.37 Å². The number of benzene rings is 1. The fourth-order valence-electron chi connectivity index (χ4n) is 1.62. The quantitative estimate of drug-likeness (QED) is 0.932. The lowest BCUT2D eigenvalue weighted by atomic mass is 10.2. The zero-order valence-corrected chi connectivity index (χ0v) is 12.3. The van der Waals surface area contributed by atoms with Crippen LogP contribution in [0.1, 0.15) is 15.9 Å². The van der Waals surface area contributed by atoms with Crippen molar-refractivity contribution in [2.24, 2.45) is 0 Å². The number of nitrogens with one attached hydrogen (secondary N) is 1. The van der Waals surface area contributed by atoms with E-state index in [0.717, 1.165) is 5.56 Å². The van der Waals surface area contributed by atoms with E-state index in [1.807, 2.05) is 0 Å². The molecular weight excluding hydrogens is 327 g/mol. The largest absolute Gasteiger partial charge is 0.481 e. The highest BCUT2D eigenvalue weighted by atomic mass is 79.9. The molecule has 1 aromatic heterocycles. The summed E-state index contributed by atoms with van der Waals surface area (Å²) in [5.74, 6) is -0.568. The topological polar surface area (TPSA) is 51.2 Å². The van der Waals surface area contributed by atoms with Gasteiger partial charge < -0.3 is 10.1 Å². The molecule has 0 atom stereocenters. The van der Waals surface area contributed by atoms with Gasteiger partial charge >= 0.3 is 0 Å². The number of amides is 1. The summed E-state index contributed by atoms with van der Waals surface area (Å²) in [7, 11) is 1.52. The van der Waals surface area contributed by atoms with Gasteiger partial charge in [-0.1, -0.05) is 15.9 Å². The molecule has 104 valence electrons. The van der Waals surface area contributed by atoms with Gasteiger partial charge in [-0.15, -0.1) is 0 Å². The lowest BCUT2D eigenvalue weighted by molar-refractivity contribution is 0.0947. The Bertz CT molecular complexity index is 634. The average molecular weight is 339 g/mol. The molecule has 1 N–H and O–H groups in total. The Hall–Kier alpha value is -1.95. The maximum absolute atomic E-state index is 13.6.